The number of amides is 1. The molecule has 1 amide bonds. The van der Waals surface area contributed by atoms with Gasteiger partial charge in [-0.3, -0.25) is 4.79 Å². The smallest absolute Gasteiger partial charge is 0.271 e. The molecular weight excluding hydrogens is 440 g/mol. The van der Waals surface area contributed by atoms with Gasteiger partial charge < -0.3 is 9.13 Å². The Morgan fingerprint density at radius 3 is 2.20 bits per heavy atom. The maximum atomic E-state index is 12.5. The molecule has 0 aliphatic carbocycles. The zero-order valence-corrected chi connectivity index (χ0v) is 18.3. The van der Waals surface area contributed by atoms with Crippen LogP contribution in [0.4, 0.5) is 0 Å². The van der Waals surface area contributed by atoms with Gasteiger partial charge in [0.1, 0.15) is 0 Å². The summed E-state index contributed by atoms with van der Waals surface area (Å²) in [6, 6.07) is 23.5. The highest BCUT2D eigenvalue weighted by Gasteiger charge is 2.08. The van der Waals surface area contributed by atoms with Crippen LogP contribution in [0.25, 0.3) is 11.4 Å². The highest BCUT2D eigenvalue weighted by atomic mass is 79.9. The van der Waals surface area contributed by atoms with Gasteiger partial charge in [0.25, 0.3) is 5.91 Å². The summed E-state index contributed by atoms with van der Waals surface area (Å²) in [6.45, 7) is 4.12. The molecule has 5 nitrogen and oxygen atoms in total. The van der Waals surface area contributed by atoms with E-state index in [0.717, 1.165) is 32.9 Å². The molecule has 0 aliphatic heterocycles. The van der Waals surface area contributed by atoms with Crippen molar-refractivity contribution in [3.8, 4) is 11.4 Å². The van der Waals surface area contributed by atoms with Gasteiger partial charge in [0.15, 0.2) is 0 Å². The van der Waals surface area contributed by atoms with Gasteiger partial charge in [-0.2, -0.15) is 5.10 Å². The lowest BCUT2D eigenvalue weighted by atomic mass is 10.2. The van der Waals surface area contributed by atoms with Gasteiger partial charge >= 0.3 is 0 Å². The first-order chi connectivity index (χ1) is 14.5. The predicted octanol–water partition coefficient (Wildman–Crippen LogP) is 5.41. The van der Waals surface area contributed by atoms with Crippen molar-refractivity contribution in [1.82, 2.24) is 14.6 Å². The molecule has 6 heteroatoms. The Hall–Kier alpha value is -3.38. The van der Waals surface area contributed by atoms with Crippen molar-refractivity contribution in [3.63, 3.8) is 0 Å². The summed E-state index contributed by atoms with van der Waals surface area (Å²) in [5, 5.41) is 4.13. The van der Waals surface area contributed by atoms with Crippen LogP contribution in [0.5, 0.6) is 0 Å². The Kier molecular flexibility index (Phi) is 5.68. The molecule has 4 aromatic rings. The summed E-state index contributed by atoms with van der Waals surface area (Å²) >= 11 is 3.45. The zero-order chi connectivity index (χ0) is 21.1. The van der Waals surface area contributed by atoms with E-state index in [9.17, 15) is 4.79 Å². The number of carbonyl (C=O) groups excluding carboxylic acids is 1. The highest BCUT2D eigenvalue weighted by molar-refractivity contribution is 9.10. The molecule has 2 heterocycles. The number of carbonyl (C=O) groups is 1. The molecule has 0 saturated heterocycles. The number of benzene rings is 2. The topological polar surface area (TPSA) is 51.3 Å². The molecule has 2 aromatic carbocycles. The largest absolute Gasteiger partial charge is 0.319 e. The first-order valence-electron chi connectivity index (χ1n) is 9.55. The molecule has 150 valence electrons. The Bertz CT molecular complexity index is 1180. The molecule has 30 heavy (non-hydrogen) atoms. The van der Waals surface area contributed by atoms with Crippen LogP contribution in [0.3, 0.4) is 0 Å². The Labute approximate surface area is 183 Å². The minimum absolute atomic E-state index is 0.250. The summed E-state index contributed by atoms with van der Waals surface area (Å²) in [5.74, 6) is -0.250. The molecule has 0 saturated carbocycles. The standard InChI is InChI=1S/C24H21BrN4O/c1-17-5-6-18(2)29(17)22-11-7-19(8-12-22)24(30)27-26-16-23-4-3-15-28(23)21-13-9-20(25)10-14-21/h3-16H,1-2H3,(H,27,30)/b26-16-. The van der Waals surface area contributed by atoms with Crippen molar-refractivity contribution < 1.29 is 4.79 Å². The van der Waals surface area contributed by atoms with E-state index in [1.54, 1.807) is 6.21 Å². The fraction of sp³-hybridized carbons (Fsp3) is 0.0833. The number of nitrogens with zero attached hydrogens (tertiary/aromatic N) is 3. The predicted molar refractivity (Wildman–Crippen MR) is 124 cm³/mol. The van der Waals surface area contributed by atoms with Gasteiger partial charge in [-0.25, -0.2) is 5.43 Å². The average Bonchev–Trinajstić information content (AvgIpc) is 3.35. The van der Waals surface area contributed by atoms with Crippen molar-refractivity contribution in [2.45, 2.75) is 13.8 Å². The number of aromatic nitrogens is 2. The van der Waals surface area contributed by atoms with Gasteiger partial charge in [0.05, 0.1) is 11.9 Å². The number of halogens is 1. The lowest BCUT2D eigenvalue weighted by Gasteiger charge is -2.10. The molecular formula is C24H21BrN4O. The van der Waals surface area contributed by atoms with Crippen LogP contribution in [0, 0.1) is 13.8 Å². The Morgan fingerprint density at radius 1 is 0.900 bits per heavy atom. The third-order valence-corrected chi connectivity index (χ3v) is 5.44. The van der Waals surface area contributed by atoms with Gasteiger partial charge in [0.2, 0.25) is 0 Å². The number of hydrogen-bond donors (Lipinski definition) is 1. The van der Waals surface area contributed by atoms with E-state index < -0.39 is 0 Å². The van der Waals surface area contributed by atoms with Crippen LogP contribution < -0.4 is 5.43 Å². The SMILES string of the molecule is Cc1ccc(C)n1-c1ccc(C(=O)N/N=C\c2cccn2-c2ccc(Br)cc2)cc1. The first kappa shape index (κ1) is 19.9. The van der Waals surface area contributed by atoms with E-state index in [4.69, 9.17) is 0 Å². The second-order valence-corrected chi connectivity index (χ2v) is 7.89. The molecule has 0 fully saturated rings. The molecule has 0 radical (unpaired) electrons. The summed E-state index contributed by atoms with van der Waals surface area (Å²) in [4.78, 5) is 12.5. The van der Waals surface area contributed by atoms with Crippen molar-refractivity contribution in [3.05, 3.63) is 106 Å². The second-order valence-electron chi connectivity index (χ2n) is 6.98. The van der Waals surface area contributed by atoms with Gasteiger partial charge in [-0.05, 0) is 86.6 Å². The normalized spacial score (nSPS) is 11.2. The van der Waals surface area contributed by atoms with E-state index in [0.29, 0.717) is 5.56 Å². The minimum Gasteiger partial charge on any atom is -0.319 e. The van der Waals surface area contributed by atoms with E-state index >= 15 is 0 Å². The Morgan fingerprint density at radius 2 is 1.53 bits per heavy atom. The lowest BCUT2D eigenvalue weighted by molar-refractivity contribution is 0.0955. The number of rotatable bonds is 5. The lowest BCUT2D eigenvalue weighted by Crippen LogP contribution is -2.18. The zero-order valence-electron chi connectivity index (χ0n) is 16.7. The van der Waals surface area contributed by atoms with E-state index in [2.05, 4.69) is 57.0 Å². The summed E-state index contributed by atoms with van der Waals surface area (Å²) in [6.07, 6.45) is 3.59. The molecule has 0 bridgehead atoms. The van der Waals surface area contributed by atoms with Crippen molar-refractivity contribution >= 4 is 28.1 Å². The van der Waals surface area contributed by atoms with E-state index in [-0.39, 0.29) is 5.91 Å². The average molecular weight is 461 g/mol. The third-order valence-electron chi connectivity index (χ3n) is 4.91. The molecule has 2 aromatic heterocycles. The van der Waals surface area contributed by atoms with E-state index in [1.165, 1.54) is 0 Å². The first-order valence-corrected chi connectivity index (χ1v) is 10.3. The van der Waals surface area contributed by atoms with Crippen LogP contribution in [-0.2, 0) is 0 Å². The molecule has 4 rings (SSSR count). The quantitative estimate of drug-likeness (QED) is 0.314. The number of aryl methyl sites for hydroxylation is 2. The summed E-state index contributed by atoms with van der Waals surface area (Å²) < 4.78 is 5.17. The Balaban J connectivity index is 1.45. The van der Waals surface area contributed by atoms with Crippen LogP contribution in [0.1, 0.15) is 27.4 Å². The van der Waals surface area contributed by atoms with Crippen LogP contribution in [0.2, 0.25) is 0 Å². The molecule has 0 spiro atoms. The third kappa shape index (κ3) is 4.14. The van der Waals surface area contributed by atoms with Crippen molar-refractivity contribution in [2.75, 3.05) is 0 Å². The number of hydrazone groups is 1. The molecule has 1 N–H and O–H groups in total. The summed E-state index contributed by atoms with van der Waals surface area (Å²) in [7, 11) is 0. The second kappa shape index (κ2) is 8.55. The van der Waals surface area contributed by atoms with E-state index in [1.807, 2.05) is 71.4 Å². The van der Waals surface area contributed by atoms with Gasteiger partial charge in [-0.15, -0.1) is 0 Å². The molecule has 0 aliphatic rings. The number of hydrogen-bond acceptors (Lipinski definition) is 2. The van der Waals surface area contributed by atoms with Crippen LogP contribution >= 0.6 is 15.9 Å². The summed E-state index contributed by atoms with van der Waals surface area (Å²) in [5.41, 5.74) is 8.39. The van der Waals surface area contributed by atoms with Gasteiger partial charge in [0, 0.05) is 39.0 Å². The highest BCUT2D eigenvalue weighted by Crippen LogP contribution is 2.17. The fourth-order valence-electron chi connectivity index (χ4n) is 3.40. The maximum Gasteiger partial charge on any atom is 0.271 e. The van der Waals surface area contributed by atoms with Crippen molar-refractivity contribution in [1.29, 1.82) is 0 Å². The minimum atomic E-state index is -0.250. The fourth-order valence-corrected chi connectivity index (χ4v) is 3.66. The molecule has 0 atom stereocenters. The maximum absolute atomic E-state index is 12.5. The monoisotopic (exact) mass is 460 g/mol. The van der Waals surface area contributed by atoms with Crippen LogP contribution in [-0.4, -0.2) is 21.3 Å². The number of nitrogens with one attached hydrogen (secondary N) is 1. The molecule has 0 unspecified atom stereocenters. The van der Waals surface area contributed by atoms with Crippen LogP contribution in [0.15, 0.2) is 88.6 Å². The van der Waals surface area contributed by atoms with Gasteiger partial charge in [-0.1, -0.05) is 15.9 Å². The van der Waals surface area contributed by atoms with Crippen molar-refractivity contribution in [2.24, 2.45) is 5.10 Å².